The van der Waals surface area contributed by atoms with Gasteiger partial charge in [-0.25, -0.2) is 4.79 Å². The standard InChI is InChI=1S/C12H10ClNO4/c1-17-11-5-7(2-3-10(11)15)4-8-9(6-13)14-18-12(8)16/h2-5,15H,6H2,1H3/b8-4+. The number of phenols is 1. The summed E-state index contributed by atoms with van der Waals surface area (Å²) >= 11 is 5.65. The van der Waals surface area contributed by atoms with Crippen LogP contribution in [0.4, 0.5) is 0 Å². The number of oxime groups is 1. The van der Waals surface area contributed by atoms with E-state index in [9.17, 15) is 9.90 Å². The van der Waals surface area contributed by atoms with Gasteiger partial charge in [-0.15, -0.1) is 11.6 Å². The Morgan fingerprint density at radius 2 is 2.33 bits per heavy atom. The molecule has 1 N–H and O–H groups in total. The molecule has 1 aliphatic heterocycles. The molecule has 94 valence electrons. The molecule has 0 saturated carbocycles. The van der Waals surface area contributed by atoms with Gasteiger partial charge in [0.2, 0.25) is 0 Å². The maximum Gasteiger partial charge on any atom is 0.367 e. The maximum absolute atomic E-state index is 11.4. The van der Waals surface area contributed by atoms with Crippen molar-refractivity contribution in [2.75, 3.05) is 13.0 Å². The Morgan fingerprint density at radius 3 is 3.00 bits per heavy atom. The van der Waals surface area contributed by atoms with Crippen molar-refractivity contribution in [2.45, 2.75) is 0 Å². The van der Waals surface area contributed by atoms with Gasteiger partial charge in [0, 0.05) is 0 Å². The average molecular weight is 268 g/mol. The van der Waals surface area contributed by atoms with Gasteiger partial charge in [-0.2, -0.15) is 0 Å². The first-order valence-electron chi connectivity index (χ1n) is 5.09. The fourth-order valence-electron chi connectivity index (χ4n) is 1.50. The number of hydrogen-bond donors (Lipinski definition) is 1. The summed E-state index contributed by atoms with van der Waals surface area (Å²) < 4.78 is 4.98. The van der Waals surface area contributed by atoms with E-state index in [0.717, 1.165) is 0 Å². The molecule has 1 heterocycles. The van der Waals surface area contributed by atoms with Crippen LogP contribution in [-0.2, 0) is 9.63 Å². The van der Waals surface area contributed by atoms with E-state index in [1.54, 1.807) is 18.2 Å². The molecule has 2 rings (SSSR count). The van der Waals surface area contributed by atoms with Gasteiger partial charge in [0.25, 0.3) is 0 Å². The van der Waals surface area contributed by atoms with Crippen LogP contribution in [0.5, 0.6) is 11.5 Å². The Labute approximate surface area is 108 Å². The number of hydrogen-bond acceptors (Lipinski definition) is 5. The molecule has 0 aromatic heterocycles. The minimum absolute atomic E-state index is 0.0277. The van der Waals surface area contributed by atoms with Crippen LogP contribution in [0, 0.1) is 0 Å². The van der Waals surface area contributed by atoms with Crippen molar-refractivity contribution in [1.82, 2.24) is 0 Å². The highest BCUT2D eigenvalue weighted by atomic mass is 35.5. The lowest BCUT2D eigenvalue weighted by Crippen LogP contribution is -2.06. The Bertz CT molecular complexity index is 551. The number of ether oxygens (including phenoxy) is 1. The predicted octanol–water partition coefficient (Wildman–Crippen LogP) is 1.94. The number of carbonyl (C=O) groups is 1. The van der Waals surface area contributed by atoms with Gasteiger partial charge < -0.3 is 14.7 Å². The molecule has 0 bridgehead atoms. The average Bonchev–Trinajstić information content (AvgIpc) is 2.73. The molecular weight excluding hydrogens is 258 g/mol. The van der Waals surface area contributed by atoms with Gasteiger partial charge in [0.15, 0.2) is 11.5 Å². The van der Waals surface area contributed by atoms with Crippen molar-refractivity contribution in [3.63, 3.8) is 0 Å². The topological polar surface area (TPSA) is 68.1 Å². The molecule has 0 unspecified atom stereocenters. The van der Waals surface area contributed by atoms with E-state index >= 15 is 0 Å². The SMILES string of the molecule is COc1cc(/C=C2/C(=O)ON=C2CCl)ccc1O. The van der Waals surface area contributed by atoms with Crippen LogP contribution in [0.2, 0.25) is 0 Å². The van der Waals surface area contributed by atoms with E-state index in [1.807, 2.05) is 0 Å². The first kappa shape index (κ1) is 12.4. The van der Waals surface area contributed by atoms with Crippen molar-refractivity contribution >= 4 is 29.4 Å². The first-order chi connectivity index (χ1) is 8.65. The quantitative estimate of drug-likeness (QED) is 0.516. The van der Waals surface area contributed by atoms with Crippen LogP contribution < -0.4 is 4.74 Å². The van der Waals surface area contributed by atoms with Crippen LogP contribution >= 0.6 is 11.6 Å². The number of nitrogens with zero attached hydrogens (tertiary/aromatic N) is 1. The Morgan fingerprint density at radius 1 is 1.56 bits per heavy atom. The summed E-state index contributed by atoms with van der Waals surface area (Å²) in [5.74, 6) is -0.107. The van der Waals surface area contributed by atoms with Crippen LogP contribution in [0.25, 0.3) is 6.08 Å². The van der Waals surface area contributed by atoms with Crippen molar-refractivity contribution < 1.29 is 19.5 Å². The summed E-state index contributed by atoms with van der Waals surface area (Å²) in [6, 6.07) is 4.71. The highest BCUT2D eigenvalue weighted by molar-refractivity contribution is 6.38. The predicted molar refractivity (Wildman–Crippen MR) is 66.9 cm³/mol. The monoisotopic (exact) mass is 267 g/mol. The number of benzene rings is 1. The molecule has 1 aliphatic rings. The zero-order chi connectivity index (χ0) is 13.1. The summed E-state index contributed by atoms with van der Waals surface area (Å²) in [6.07, 6.45) is 1.58. The van der Waals surface area contributed by atoms with Gasteiger partial charge in [0.1, 0.15) is 5.71 Å². The van der Waals surface area contributed by atoms with E-state index < -0.39 is 5.97 Å². The minimum atomic E-state index is -0.544. The molecule has 6 heteroatoms. The molecule has 1 aromatic rings. The third-order valence-electron chi connectivity index (χ3n) is 2.41. The third-order valence-corrected chi connectivity index (χ3v) is 2.66. The number of rotatable bonds is 3. The zero-order valence-electron chi connectivity index (χ0n) is 9.51. The van der Waals surface area contributed by atoms with Gasteiger partial charge in [-0.1, -0.05) is 11.2 Å². The molecule has 5 nitrogen and oxygen atoms in total. The number of phenolic OH excluding ortho intramolecular Hbond substituents is 1. The number of methoxy groups -OCH3 is 1. The van der Waals surface area contributed by atoms with E-state index in [4.69, 9.17) is 16.3 Å². The molecule has 0 radical (unpaired) electrons. The molecular formula is C12H10ClNO4. The Balaban J connectivity index is 2.38. The van der Waals surface area contributed by atoms with E-state index in [2.05, 4.69) is 9.99 Å². The van der Waals surface area contributed by atoms with E-state index in [0.29, 0.717) is 22.6 Å². The fraction of sp³-hybridized carbons (Fsp3) is 0.167. The molecule has 0 amide bonds. The minimum Gasteiger partial charge on any atom is -0.504 e. The van der Waals surface area contributed by atoms with Crippen molar-refractivity contribution in [3.05, 3.63) is 29.3 Å². The summed E-state index contributed by atoms with van der Waals surface area (Å²) in [4.78, 5) is 16.0. The molecule has 0 aliphatic carbocycles. The number of alkyl halides is 1. The Hall–Kier alpha value is -2.01. The third kappa shape index (κ3) is 2.31. The second kappa shape index (κ2) is 5.10. The number of carbonyl (C=O) groups excluding carboxylic acids is 1. The van der Waals surface area contributed by atoms with Crippen LogP contribution in [0.15, 0.2) is 28.9 Å². The molecule has 18 heavy (non-hydrogen) atoms. The lowest BCUT2D eigenvalue weighted by atomic mass is 10.1. The smallest absolute Gasteiger partial charge is 0.367 e. The lowest BCUT2D eigenvalue weighted by molar-refractivity contribution is -0.136. The van der Waals surface area contributed by atoms with Crippen LogP contribution in [0.1, 0.15) is 5.56 Å². The van der Waals surface area contributed by atoms with Gasteiger partial charge in [-0.05, 0) is 23.8 Å². The van der Waals surface area contributed by atoms with Crippen molar-refractivity contribution in [2.24, 2.45) is 5.16 Å². The highest BCUT2D eigenvalue weighted by Gasteiger charge is 2.24. The van der Waals surface area contributed by atoms with Gasteiger partial charge >= 0.3 is 5.97 Å². The Kier molecular flexibility index (Phi) is 3.53. The van der Waals surface area contributed by atoms with Gasteiger partial charge in [0.05, 0.1) is 18.6 Å². The van der Waals surface area contributed by atoms with Crippen LogP contribution in [-0.4, -0.2) is 29.8 Å². The lowest BCUT2D eigenvalue weighted by Gasteiger charge is -2.04. The summed E-state index contributed by atoms with van der Waals surface area (Å²) in [5.41, 5.74) is 1.36. The molecule has 0 atom stereocenters. The highest BCUT2D eigenvalue weighted by Crippen LogP contribution is 2.28. The van der Waals surface area contributed by atoms with Gasteiger partial charge in [-0.3, -0.25) is 0 Å². The van der Waals surface area contributed by atoms with E-state index in [1.165, 1.54) is 13.2 Å². The second-order valence-electron chi connectivity index (χ2n) is 3.54. The first-order valence-corrected chi connectivity index (χ1v) is 5.62. The largest absolute Gasteiger partial charge is 0.504 e. The van der Waals surface area contributed by atoms with Crippen LogP contribution in [0.3, 0.4) is 0 Å². The molecule has 0 spiro atoms. The summed E-state index contributed by atoms with van der Waals surface area (Å²) in [5, 5.41) is 13.0. The molecule has 0 fully saturated rings. The second-order valence-corrected chi connectivity index (χ2v) is 3.81. The summed E-state index contributed by atoms with van der Waals surface area (Å²) in [6.45, 7) is 0. The fourth-order valence-corrected chi connectivity index (χ4v) is 1.69. The van der Waals surface area contributed by atoms with Crippen molar-refractivity contribution in [3.8, 4) is 11.5 Å². The summed E-state index contributed by atoms with van der Waals surface area (Å²) in [7, 11) is 1.45. The maximum atomic E-state index is 11.4. The van der Waals surface area contributed by atoms with Crippen molar-refractivity contribution in [1.29, 1.82) is 0 Å². The molecule has 1 aromatic carbocycles. The zero-order valence-corrected chi connectivity index (χ0v) is 10.3. The number of aromatic hydroxyl groups is 1. The normalized spacial score (nSPS) is 16.7. The number of halogens is 1. The molecule has 0 saturated heterocycles. The van der Waals surface area contributed by atoms with E-state index in [-0.39, 0.29) is 11.6 Å².